The van der Waals surface area contributed by atoms with Gasteiger partial charge in [0.05, 0.1) is 0 Å². The molecule has 0 atom stereocenters. The largest absolute Gasteiger partial charge is 0.511 e. The minimum Gasteiger partial charge on any atom is -0.203 e. The van der Waals surface area contributed by atoms with E-state index in [0.717, 1.165) is 0 Å². The zero-order chi connectivity index (χ0) is 52.8. The summed E-state index contributed by atoms with van der Waals surface area (Å²) >= 11 is 0. The summed E-state index contributed by atoms with van der Waals surface area (Å²) in [6.45, 7) is -5.90. The van der Waals surface area contributed by atoms with Crippen LogP contribution in [0.1, 0.15) is 25.7 Å². The summed E-state index contributed by atoms with van der Waals surface area (Å²) in [5, 5.41) is 0. The van der Waals surface area contributed by atoms with Crippen LogP contribution in [-0.4, -0.2) is 127 Å². The molecule has 0 aromatic rings. The minimum absolute atomic E-state index is 1.89. The maximum Gasteiger partial charge on any atom is 0.511 e. The lowest BCUT2D eigenvalue weighted by atomic mass is 9.88. The molecule has 0 aromatic heterocycles. The van der Waals surface area contributed by atoms with Gasteiger partial charge in [-0.2, -0.15) is 167 Å². The average molecular weight is 1070 g/mol. The molecule has 386 valence electrons. The second-order valence-corrected chi connectivity index (χ2v) is 14.3. The molecule has 0 spiro atoms. The quantitative estimate of drug-likeness (QED) is 0.107. The first-order chi connectivity index (χ1) is 27.1. The van der Waals surface area contributed by atoms with E-state index in [-0.39, 0.29) is 0 Å². The van der Waals surface area contributed by atoms with Crippen molar-refractivity contribution in [2.75, 3.05) is 13.1 Å². The highest BCUT2D eigenvalue weighted by atomic mass is 32.2. The fourth-order valence-electron chi connectivity index (χ4n) is 4.16. The van der Waals surface area contributed by atoms with Crippen LogP contribution in [-0.2, 0) is 10.0 Å². The summed E-state index contributed by atoms with van der Waals surface area (Å²) in [5.74, 6) is -122. The summed E-state index contributed by atoms with van der Waals surface area (Å²) in [6, 6.07) is 0. The van der Waals surface area contributed by atoms with Gasteiger partial charge in [-0.1, -0.05) is 0 Å². The van der Waals surface area contributed by atoms with Crippen LogP contribution >= 0.6 is 0 Å². The Labute approximate surface area is 325 Å². The molecule has 0 radical (unpaired) electrons. The Kier molecular flexibility index (Phi) is 15.6. The van der Waals surface area contributed by atoms with Crippen LogP contribution < -0.4 is 0 Å². The first-order valence-corrected chi connectivity index (χ1v) is 16.0. The molecule has 0 aromatic carbocycles. The summed E-state index contributed by atoms with van der Waals surface area (Å²) in [5.41, 5.74) is -7.07. The van der Waals surface area contributed by atoms with Crippen molar-refractivity contribution < 1.29 is 171 Å². The van der Waals surface area contributed by atoms with E-state index in [1.54, 1.807) is 0 Å². The van der Waals surface area contributed by atoms with Crippen LogP contribution in [0.2, 0.25) is 0 Å². The van der Waals surface area contributed by atoms with Gasteiger partial charge in [-0.25, -0.2) is 8.42 Å². The van der Waals surface area contributed by atoms with Crippen LogP contribution in [0.4, 0.5) is 162 Å². The van der Waals surface area contributed by atoms with Crippen molar-refractivity contribution in [1.29, 1.82) is 0 Å². The fraction of sp³-hybridized carbons (Fsp3) is 1.00. The molecule has 0 amide bonds. The normalized spacial score (nSPS) is 16.8. The van der Waals surface area contributed by atoms with E-state index < -0.39 is 154 Å². The van der Waals surface area contributed by atoms with E-state index in [0.29, 0.717) is 0 Å². The standard InChI is InChI=1S/C23H12F37NO2S/c24-7(25,9(28,29)11(32,33)13(36,37)15(40,41)17(44,45)19(48,49)21(52,53)54)3-1-5-61(64(62,63)23(58,59)60)6-2-4-8(26,27)10(30,31)12(34,35)14(38,39)16(42,43)18(46,47)20(50,51)22(55,56)57/h1-6H2. The molecular formula is C23H12F37NO2S. The highest BCUT2D eigenvalue weighted by molar-refractivity contribution is 7.90. The monoisotopic (exact) mass is 1070 g/mol. The molecule has 0 saturated heterocycles. The predicted octanol–water partition coefficient (Wildman–Crippen LogP) is 12.7. The van der Waals surface area contributed by atoms with Crippen LogP contribution in [0.25, 0.3) is 0 Å². The van der Waals surface area contributed by atoms with Gasteiger partial charge < -0.3 is 0 Å². The number of sulfonamides is 1. The zero-order valence-corrected chi connectivity index (χ0v) is 29.2. The van der Waals surface area contributed by atoms with Crippen LogP contribution in [0.5, 0.6) is 0 Å². The second kappa shape index (κ2) is 16.2. The number of halogens is 37. The molecule has 41 heteroatoms. The van der Waals surface area contributed by atoms with E-state index in [1.807, 2.05) is 0 Å². The smallest absolute Gasteiger partial charge is 0.203 e. The Balaban J connectivity index is 6.85. The van der Waals surface area contributed by atoms with Crippen molar-refractivity contribution in [3.63, 3.8) is 0 Å². The Hall–Kier alpha value is -2.68. The molecule has 0 N–H and O–H groups in total. The van der Waals surface area contributed by atoms with Crippen LogP contribution in [0.3, 0.4) is 0 Å². The number of rotatable bonds is 21. The lowest BCUT2D eigenvalue weighted by Gasteiger charge is -2.43. The number of alkyl halides is 37. The van der Waals surface area contributed by atoms with Crippen LogP contribution in [0, 0.1) is 0 Å². The van der Waals surface area contributed by atoms with Crippen molar-refractivity contribution in [1.82, 2.24) is 4.31 Å². The maximum atomic E-state index is 14.1. The molecule has 3 nitrogen and oxygen atoms in total. The molecule has 0 fully saturated rings. The van der Waals surface area contributed by atoms with E-state index in [9.17, 15) is 171 Å². The first kappa shape index (κ1) is 61.3. The molecule has 0 bridgehead atoms. The third-order valence-electron chi connectivity index (χ3n) is 8.00. The minimum atomic E-state index is -9.21. The summed E-state index contributed by atoms with van der Waals surface area (Å²) < 4.78 is 516. The molecule has 0 aliphatic heterocycles. The molecule has 0 unspecified atom stereocenters. The Morgan fingerprint density at radius 1 is 0.266 bits per heavy atom. The highest BCUT2D eigenvalue weighted by Crippen LogP contribution is 2.66. The van der Waals surface area contributed by atoms with Gasteiger partial charge in [0.1, 0.15) is 0 Å². The lowest BCUT2D eigenvalue weighted by molar-refractivity contribution is -0.461. The zero-order valence-electron chi connectivity index (χ0n) is 28.4. The lowest BCUT2D eigenvalue weighted by Crippen LogP contribution is -2.74. The van der Waals surface area contributed by atoms with Crippen molar-refractivity contribution in [3.05, 3.63) is 0 Å². The van der Waals surface area contributed by atoms with Crippen molar-refractivity contribution in [2.45, 2.75) is 126 Å². The molecule has 0 heterocycles. The first-order valence-electron chi connectivity index (χ1n) is 14.6. The van der Waals surface area contributed by atoms with Gasteiger partial charge in [0, 0.05) is 25.9 Å². The van der Waals surface area contributed by atoms with Gasteiger partial charge in [0.25, 0.3) is 0 Å². The summed E-state index contributed by atoms with van der Waals surface area (Å²) in [6.07, 6.45) is -29.8. The molecule has 0 saturated carbocycles. The number of hydrogen-bond acceptors (Lipinski definition) is 2. The Bertz CT molecular complexity index is 1630. The van der Waals surface area contributed by atoms with Gasteiger partial charge in [-0.3, -0.25) is 0 Å². The van der Waals surface area contributed by atoms with E-state index in [2.05, 4.69) is 0 Å². The molecule has 0 rings (SSSR count). The topological polar surface area (TPSA) is 37.4 Å². The van der Waals surface area contributed by atoms with E-state index >= 15 is 0 Å². The summed E-state index contributed by atoms with van der Waals surface area (Å²) in [4.78, 5) is 0. The van der Waals surface area contributed by atoms with Gasteiger partial charge in [0.15, 0.2) is 0 Å². The SMILES string of the molecule is O=S(=O)(N(CCCC(F)(F)C(F)(F)C(F)(F)C(F)(F)C(F)(F)C(F)(F)C(F)(F)C(F)(F)F)CCCC(F)(F)C(F)(F)C(F)(F)C(F)(F)C(F)(F)C(F)(F)C(F)(F)C(F)(F)F)C(F)(F)F. The Morgan fingerprint density at radius 3 is 0.609 bits per heavy atom. The molecule has 64 heavy (non-hydrogen) atoms. The summed E-state index contributed by atoms with van der Waals surface area (Å²) in [7, 11) is -7.63. The van der Waals surface area contributed by atoms with Gasteiger partial charge in [-0.15, -0.1) is 0 Å². The fourth-order valence-corrected chi connectivity index (χ4v) is 5.19. The maximum absolute atomic E-state index is 14.1. The van der Waals surface area contributed by atoms with Crippen LogP contribution in [0.15, 0.2) is 0 Å². The van der Waals surface area contributed by atoms with Gasteiger partial charge >= 0.3 is 111 Å². The van der Waals surface area contributed by atoms with E-state index in [1.165, 1.54) is 0 Å². The van der Waals surface area contributed by atoms with Crippen molar-refractivity contribution in [3.8, 4) is 0 Å². The Morgan fingerprint density at radius 2 is 0.438 bits per heavy atom. The molecule has 0 aliphatic carbocycles. The highest BCUT2D eigenvalue weighted by Gasteiger charge is 2.97. The third kappa shape index (κ3) is 8.70. The number of hydrogen-bond donors (Lipinski definition) is 0. The predicted molar refractivity (Wildman–Crippen MR) is 126 cm³/mol. The van der Waals surface area contributed by atoms with E-state index in [4.69, 9.17) is 0 Å². The van der Waals surface area contributed by atoms with Gasteiger partial charge in [0.2, 0.25) is 0 Å². The van der Waals surface area contributed by atoms with Crippen molar-refractivity contribution >= 4 is 10.0 Å². The molecule has 0 aliphatic rings. The van der Waals surface area contributed by atoms with Gasteiger partial charge in [-0.05, 0) is 12.8 Å². The van der Waals surface area contributed by atoms with Crippen molar-refractivity contribution in [2.24, 2.45) is 0 Å². The average Bonchev–Trinajstić information content (AvgIpc) is 3.04. The molecular weight excluding hydrogens is 1060 g/mol. The second-order valence-electron chi connectivity index (χ2n) is 12.4. The third-order valence-corrected chi connectivity index (χ3v) is 9.63. The number of nitrogens with zero attached hydrogens (tertiary/aromatic N) is 1.